The summed E-state index contributed by atoms with van der Waals surface area (Å²) in [7, 11) is 0. The van der Waals surface area contributed by atoms with E-state index in [1.54, 1.807) is 6.07 Å². The lowest BCUT2D eigenvalue weighted by molar-refractivity contribution is 0.0518. The van der Waals surface area contributed by atoms with Crippen LogP contribution in [0.15, 0.2) is 22.7 Å². The van der Waals surface area contributed by atoms with E-state index in [1.807, 2.05) is 6.07 Å². The molecule has 1 saturated carbocycles. The van der Waals surface area contributed by atoms with Gasteiger partial charge in [0, 0.05) is 35.3 Å². The van der Waals surface area contributed by atoms with Gasteiger partial charge >= 0.3 is 0 Å². The molecule has 0 radical (unpaired) electrons. The van der Waals surface area contributed by atoms with Crippen LogP contribution >= 0.6 is 15.9 Å². The number of anilines is 1. The Bertz CT molecular complexity index is 492. The highest BCUT2D eigenvalue weighted by Crippen LogP contribution is 2.38. The van der Waals surface area contributed by atoms with Crippen LogP contribution in [-0.4, -0.2) is 30.1 Å². The van der Waals surface area contributed by atoms with Gasteiger partial charge in [-0.15, -0.1) is 0 Å². The van der Waals surface area contributed by atoms with Crippen LogP contribution in [0.1, 0.15) is 33.1 Å². The first kappa shape index (κ1) is 15.3. The zero-order chi connectivity index (χ0) is 15.0. The van der Waals surface area contributed by atoms with E-state index < -0.39 is 0 Å². The van der Waals surface area contributed by atoms with E-state index in [9.17, 15) is 4.39 Å². The number of hydrogen-bond donors (Lipinski definition) is 1. The first-order valence-electron chi connectivity index (χ1n) is 8.00. The molecule has 1 aliphatic heterocycles. The van der Waals surface area contributed by atoms with Crippen molar-refractivity contribution in [2.45, 2.75) is 45.2 Å². The van der Waals surface area contributed by atoms with Crippen molar-refractivity contribution < 1.29 is 4.39 Å². The number of benzene rings is 1. The Morgan fingerprint density at radius 3 is 2.48 bits per heavy atom. The summed E-state index contributed by atoms with van der Waals surface area (Å²) < 4.78 is 14.1. The van der Waals surface area contributed by atoms with Gasteiger partial charge in [-0.2, -0.15) is 0 Å². The molecule has 1 saturated heterocycles. The van der Waals surface area contributed by atoms with Crippen molar-refractivity contribution in [1.29, 1.82) is 0 Å². The Hall–Kier alpha value is -0.610. The van der Waals surface area contributed by atoms with Crippen molar-refractivity contribution in [3.05, 3.63) is 28.5 Å². The van der Waals surface area contributed by atoms with Crippen LogP contribution in [0.25, 0.3) is 0 Å². The smallest absolute Gasteiger partial charge is 0.124 e. The molecule has 3 rings (SSSR count). The van der Waals surface area contributed by atoms with Crippen molar-refractivity contribution in [2.24, 2.45) is 11.8 Å². The van der Waals surface area contributed by atoms with Crippen LogP contribution in [0.3, 0.4) is 0 Å². The third kappa shape index (κ3) is 3.26. The topological polar surface area (TPSA) is 15.3 Å². The lowest BCUT2D eigenvalue weighted by Gasteiger charge is -2.49. The predicted molar refractivity (Wildman–Crippen MR) is 89.1 cm³/mol. The zero-order valence-corrected chi connectivity index (χ0v) is 14.4. The second kappa shape index (κ2) is 6.25. The Morgan fingerprint density at radius 1 is 1.24 bits per heavy atom. The van der Waals surface area contributed by atoms with Crippen molar-refractivity contribution in [2.75, 3.05) is 18.4 Å². The molecule has 116 valence electrons. The van der Waals surface area contributed by atoms with Crippen molar-refractivity contribution >= 4 is 21.6 Å². The number of rotatable bonds is 3. The first-order chi connectivity index (χ1) is 10.0. The highest BCUT2D eigenvalue weighted by atomic mass is 79.9. The van der Waals surface area contributed by atoms with Gasteiger partial charge in [-0.3, -0.25) is 0 Å². The molecule has 21 heavy (non-hydrogen) atoms. The number of fused-ring (bicyclic) bond motifs is 2. The quantitative estimate of drug-likeness (QED) is 0.858. The number of nitrogens with one attached hydrogen (secondary N) is 1. The molecule has 0 spiro atoms. The number of likely N-dealkylation sites (tertiary alicyclic amines) is 1. The summed E-state index contributed by atoms with van der Waals surface area (Å²) in [6.07, 6.45) is 3.95. The van der Waals surface area contributed by atoms with Gasteiger partial charge in [0.2, 0.25) is 0 Å². The summed E-state index contributed by atoms with van der Waals surface area (Å²) in [5, 5.41) is 3.70. The normalized spacial score (nSPS) is 29.7. The van der Waals surface area contributed by atoms with E-state index in [0.29, 0.717) is 23.9 Å². The van der Waals surface area contributed by atoms with Crippen LogP contribution in [0.5, 0.6) is 0 Å². The van der Waals surface area contributed by atoms with Crippen molar-refractivity contribution in [3.8, 4) is 0 Å². The van der Waals surface area contributed by atoms with Crippen molar-refractivity contribution in [3.63, 3.8) is 0 Å². The lowest BCUT2D eigenvalue weighted by Crippen LogP contribution is -2.56. The van der Waals surface area contributed by atoms with E-state index in [1.165, 1.54) is 38.4 Å². The molecule has 2 atom stereocenters. The van der Waals surface area contributed by atoms with Gasteiger partial charge in [0.25, 0.3) is 0 Å². The molecule has 1 aromatic rings. The largest absolute Gasteiger partial charge is 0.381 e. The number of hydrogen-bond acceptors (Lipinski definition) is 2. The lowest BCUT2D eigenvalue weighted by atomic mass is 9.73. The maximum Gasteiger partial charge on any atom is 0.124 e. The molecular weight excluding hydrogens is 331 g/mol. The Balaban J connectivity index is 1.76. The molecule has 4 heteroatoms. The molecule has 0 aromatic heterocycles. The highest BCUT2D eigenvalue weighted by molar-refractivity contribution is 9.10. The summed E-state index contributed by atoms with van der Waals surface area (Å²) in [6.45, 7) is 6.95. The third-order valence-corrected chi connectivity index (χ3v) is 5.74. The maximum absolute atomic E-state index is 13.2. The fraction of sp³-hybridized carbons (Fsp3) is 0.647. The number of halogens is 2. The first-order valence-corrected chi connectivity index (χ1v) is 8.79. The Kier molecular flexibility index (Phi) is 4.55. The fourth-order valence-corrected chi connectivity index (χ4v) is 4.38. The Morgan fingerprint density at radius 2 is 1.90 bits per heavy atom. The van der Waals surface area contributed by atoms with Crippen LogP contribution in [0.2, 0.25) is 0 Å². The molecular formula is C17H24BrFN2. The van der Waals surface area contributed by atoms with E-state index >= 15 is 0 Å². The monoisotopic (exact) mass is 354 g/mol. The van der Waals surface area contributed by atoms with Gasteiger partial charge < -0.3 is 10.2 Å². The summed E-state index contributed by atoms with van der Waals surface area (Å²) in [5.41, 5.74) is 1.02. The number of piperidine rings is 1. The van der Waals surface area contributed by atoms with Gasteiger partial charge in [-0.25, -0.2) is 4.39 Å². The average Bonchev–Trinajstić information content (AvgIpc) is 2.41. The highest BCUT2D eigenvalue weighted by Gasteiger charge is 2.40. The maximum atomic E-state index is 13.2. The molecule has 2 fully saturated rings. The van der Waals surface area contributed by atoms with E-state index in [4.69, 9.17) is 0 Å². The summed E-state index contributed by atoms with van der Waals surface area (Å²) in [4.78, 5) is 2.62. The molecule has 2 bridgehead atoms. The van der Waals surface area contributed by atoms with Crippen LogP contribution in [0, 0.1) is 17.7 Å². The molecule has 1 aliphatic carbocycles. The van der Waals surface area contributed by atoms with Gasteiger partial charge in [-0.1, -0.05) is 6.42 Å². The molecule has 1 aromatic carbocycles. The SMILES string of the molecule is CC(C)N1CC2CCCC(C1)C2Nc1ccc(F)cc1Br. The molecule has 1 heterocycles. The molecule has 2 unspecified atom stereocenters. The van der Waals surface area contributed by atoms with Crippen molar-refractivity contribution in [1.82, 2.24) is 4.90 Å². The summed E-state index contributed by atoms with van der Waals surface area (Å²) in [5.74, 6) is 1.22. The van der Waals surface area contributed by atoms with Crippen LogP contribution in [0.4, 0.5) is 10.1 Å². The predicted octanol–water partition coefficient (Wildman–Crippen LogP) is 4.51. The average molecular weight is 355 g/mol. The standard InChI is InChI=1S/C17H24BrFN2/c1-11(2)21-9-12-4-3-5-13(10-21)17(12)20-16-7-6-14(19)8-15(16)18/h6-8,11-13,17,20H,3-5,9-10H2,1-2H3. The second-order valence-corrected chi connectivity index (χ2v) is 7.65. The molecule has 2 nitrogen and oxygen atoms in total. The minimum absolute atomic E-state index is 0.192. The molecule has 1 N–H and O–H groups in total. The van der Waals surface area contributed by atoms with Gasteiger partial charge in [0.05, 0.1) is 0 Å². The van der Waals surface area contributed by atoms with Crippen LogP contribution in [-0.2, 0) is 0 Å². The van der Waals surface area contributed by atoms with E-state index in [-0.39, 0.29) is 5.82 Å². The zero-order valence-electron chi connectivity index (χ0n) is 12.8. The summed E-state index contributed by atoms with van der Waals surface area (Å²) in [6, 6.07) is 6.08. The third-order valence-electron chi connectivity index (χ3n) is 5.09. The molecule has 0 amide bonds. The summed E-state index contributed by atoms with van der Waals surface area (Å²) >= 11 is 3.48. The Labute approximate surface area is 135 Å². The minimum Gasteiger partial charge on any atom is -0.381 e. The van der Waals surface area contributed by atoms with Crippen LogP contribution < -0.4 is 5.32 Å². The molecule has 2 aliphatic rings. The number of nitrogens with zero attached hydrogens (tertiary/aromatic N) is 1. The van der Waals surface area contributed by atoms with E-state index in [2.05, 4.69) is 40.0 Å². The fourth-order valence-electron chi connectivity index (χ4n) is 3.92. The van der Waals surface area contributed by atoms with E-state index in [0.717, 1.165) is 10.2 Å². The second-order valence-electron chi connectivity index (χ2n) is 6.79. The van der Waals surface area contributed by atoms with Gasteiger partial charge in [0.15, 0.2) is 0 Å². The van der Waals surface area contributed by atoms with Gasteiger partial charge in [0.1, 0.15) is 5.82 Å². The van der Waals surface area contributed by atoms with Gasteiger partial charge in [-0.05, 0) is 72.7 Å². The minimum atomic E-state index is -0.192.